The first-order valence-electron chi connectivity index (χ1n) is 8.74. The fourth-order valence-corrected chi connectivity index (χ4v) is 4.59. The number of ether oxygens (including phenoxy) is 2. The van der Waals surface area contributed by atoms with E-state index in [9.17, 15) is 4.79 Å². The Labute approximate surface area is 141 Å². The number of nitrogens with zero attached hydrogens (tertiary/aromatic N) is 1. The molecule has 1 aromatic heterocycles. The zero-order valence-corrected chi connectivity index (χ0v) is 14.6. The van der Waals surface area contributed by atoms with Gasteiger partial charge >= 0.3 is 0 Å². The highest BCUT2D eigenvalue weighted by molar-refractivity contribution is 7.12. The van der Waals surface area contributed by atoms with Crippen LogP contribution in [0, 0.1) is 12.8 Å². The number of carbonyl (C=O) groups excluding carboxylic acids is 1. The van der Waals surface area contributed by atoms with Gasteiger partial charge in [0.15, 0.2) is 0 Å². The van der Waals surface area contributed by atoms with Gasteiger partial charge in [-0.15, -0.1) is 11.3 Å². The van der Waals surface area contributed by atoms with Crippen molar-refractivity contribution < 1.29 is 14.3 Å². The summed E-state index contributed by atoms with van der Waals surface area (Å²) in [6, 6.07) is 1.99. The second-order valence-electron chi connectivity index (χ2n) is 7.42. The molecule has 2 atom stereocenters. The van der Waals surface area contributed by atoms with E-state index in [2.05, 4.69) is 0 Å². The lowest BCUT2D eigenvalue weighted by Crippen LogP contribution is -2.50. The summed E-state index contributed by atoms with van der Waals surface area (Å²) in [6.45, 7) is 5.17. The highest BCUT2D eigenvalue weighted by Gasteiger charge is 2.45. The minimum Gasteiger partial charge on any atom is -0.375 e. The number of hydrogen-bond donors (Lipinski definition) is 0. The molecule has 3 heterocycles. The summed E-state index contributed by atoms with van der Waals surface area (Å²) in [5, 5.41) is 2.04. The Kier molecular flexibility index (Phi) is 4.20. The molecule has 0 bridgehead atoms. The molecule has 4 nitrogen and oxygen atoms in total. The summed E-state index contributed by atoms with van der Waals surface area (Å²) in [7, 11) is 0. The van der Waals surface area contributed by atoms with E-state index in [-0.39, 0.29) is 17.6 Å². The van der Waals surface area contributed by atoms with Crippen LogP contribution in [0.1, 0.15) is 47.3 Å². The van der Waals surface area contributed by atoms with Gasteiger partial charge < -0.3 is 14.4 Å². The Morgan fingerprint density at radius 3 is 3.13 bits per heavy atom. The second-order valence-corrected chi connectivity index (χ2v) is 8.33. The van der Waals surface area contributed by atoms with Gasteiger partial charge in [0.2, 0.25) is 0 Å². The van der Waals surface area contributed by atoms with Crippen LogP contribution in [0.2, 0.25) is 0 Å². The van der Waals surface area contributed by atoms with Crippen molar-refractivity contribution in [3.8, 4) is 0 Å². The minimum atomic E-state index is -0.172. The van der Waals surface area contributed by atoms with Crippen molar-refractivity contribution in [3.05, 3.63) is 21.9 Å². The van der Waals surface area contributed by atoms with E-state index in [1.54, 1.807) is 11.3 Å². The molecule has 3 fully saturated rings. The van der Waals surface area contributed by atoms with Gasteiger partial charge in [0.25, 0.3) is 5.91 Å². The third-order valence-corrected chi connectivity index (χ3v) is 6.24. The highest BCUT2D eigenvalue weighted by atomic mass is 32.1. The molecule has 3 aliphatic rings. The number of rotatable bonds is 4. The first kappa shape index (κ1) is 15.6. The molecule has 1 saturated carbocycles. The summed E-state index contributed by atoms with van der Waals surface area (Å²) < 4.78 is 12.2. The molecule has 0 N–H and O–H groups in total. The number of amides is 1. The van der Waals surface area contributed by atoms with E-state index in [0.717, 1.165) is 48.8 Å². The van der Waals surface area contributed by atoms with E-state index < -0.39 is 0 Å². The van der Waals surface area contributed by atoms with Crippen LogP contribution in [0.15, 0.2) is 11.4 Å². The van der Waals surface area contributed by atoms with Crippen molar-refractivity contribution in [2.24, 2.45) is 5.92 Å². The van der Waals surface area contributed by atoms with Gasteiger partial charge in [0.05, 0.1) is 29.7 Å². The number of likely N-dealkylation sites (tertiary alicyclic amines) is 1. The Balaban J connectivity index is 1.37. The van der Waals surface area contributed by atoms with E-state index in [4.69, 9.17) is 9.47 Å². The lowest BCUT2D eigenvalue weighted by Gasteiger charge is -2.39. The lowest BCUT2D eigenvalue weighted by atomic mass is 9.89. The quantitative estimate of drug-likeness (QED) is 0.848. The maximum absolute atomic E-state index is 12.7. The van der Waals surface area contributed by atoms with E-state index in [1.165, 1.54) is 12.8 Å². The molecule has 2 saturated heterocycles. The standard InChI is InChI=1S/C18H25NO3S/c1-13-7-16(23-11-13)17(20)19-6-2-5-18(12-19)8-15(10-22-18)21-9-14-3-4-14/h7,11,14-15H,2-6,8-10,12H2,1H3/t15-,18-/m1/s1. The normalized spacial score (nSPS) is 31.0. The number of hydrogen-bond acceptors (Lipinski definition) is 4. The molecule has 1 aromatic rings. The number of piperidine rings is 1. The largest absolute Gasteiger partial charge is 0.375 e. The number of thiophene rings is 1. The van der Waals surface area contributed by atoms with Crippen molar-refractivity contribution in [3.63, 3.8) is 0 Å². The first-order chi connectivity index (χ1) is 11.1. The molecule has 0 radical (unpaired) electrons. The molecular formula is C18H25NO3S. The second kappa shape index (κ2) is 6.19. The Morgan fingerprint density at radius 1 is 1.52 bits per heavy atom. The van der Waals surface area contributed by atoms with Crippen LogP contribution in [0.3, 0.4) is 0 Å². The summed E-state index contributed by atoms with van der Waals surface area (Å²) in [5.41, 5.74) is 0.991. The lowest BCUT2D eigenvalue weighted by molar-refractivity contribution is -0.0464. The van der Waals surface area contributed by atoms with Gasteiger partial charge in [0, 0.05) is 19.6 Å². The fourth-order valence-electron chi connectivity index (χ4n) is 3.72. The molecule has 4 rings (SSSR count). The van der Waals surface area contributed by atoms with Crippen LogP contribution in [0.5, 0.6) is 0 Å². The molecule has 1 aliphatic carbocycles. The summed E-state index contributed by atoms with van der Waals surface area (Å²) in [6.07, 6.45) is 5.86. The van der Waals surface area contributed by atoms with Gasteiger partial charge in [-0.1, -0.05) is 0 Å². The summed E-state index contributed by atoms with van der Waals surface area (Å²) >= 11 is 1.54. The maximum Gasteiger partial charge on any atom is 0.264 e. The maximum atomic E-state index is 12.7. The van der Waals surface area contributed by atoms with Gasteiger partial charge in [-0.2, -0.15) is 0 Å². The van der Waals surface area contributed by atoms with Crippen molar-refractivity contribution >= 4 is 17.2 Å². The molecule has 126 valence electrons. The van der Waals surface area contributed by atoms with E-state index in [1.807, 2.05) is 23.3 Å². The molecule has 1 spiro atoms. The Morgan fingerprint density at radius 2 is 2.39 bits per heavy atom. The van der Waals surface area contributed by atoms with Crippen molar-refractivity contribution in [1.29, 1.82) is 0 Å². The van der Waals surface area contributed by atoms with Crippen LogP contribution in [0.25, 0.3) is 0 Å². The minimum absolute atomic E-state index is 0.160. The average molecular weight is 335 g/mol. The molecule has 2 aliphatic heterocycles. The predicted molar refractivity (Wildman–Crippen MR) is 90.0 cm³/mol. The average Bonchev–Trinajstić information content (AvgIpc) is 3.17. The summed E-state index contributed by atoms with van der Waals surface area (Å²) in [4.78, 5) is 15.5. The monoisotopic (exact) mass is 335 g/mol. The van der Waals surface area contributed by atoms with Crippen molar-refractivity contribution in [1.82, 2.24) is 4.90 Å². The third-order valence-electron chi connectivity index (χ3n) is 5.21. The number of aryl methyl sites for hydroxylation is 1. The zero-order chi connectivity index (χ0) is 15.9. The van der Waals surface area contributed by atoms with E-state index >= 15 is 0 Å². The molecule has 0 aromatic carbocycles. The smallest absolute Gasteiger partial charge is 0.264 e. The van der Waals surface area contributed by atoms with Gasteiger partial charge in [-0.05, 0) is 55.5 Å². The fraction of sp³-hybridized carbons (Fsp3) is 0.722. The Hall–Kier alpha value is -0.910. The topological polar surface area (TPSA) is 38.8 Å². The summed E-state index contributed by atoms with van der Waals surface area (Å²) in [5.74, 6) is 0.950. The van der Waals surface area contributed by atoms with Crippen LogP contribution in [-0.2, 0) is 9.47 Å². The third kappa shape index (κ3) is 3.47. The van der Waals surface area contributed by atoms with Crippen LogP contribution in [-0.4, -0.2) is 48.8 Å². The van der Waals surface area contributed by atoms with E-state index in [0.29, 0.717) is 13.2 Å². The van der Waals surface area contributed by atoms with Crippen LogP contribution in [0.4, 0.5) is 0 Å². The van der Waals surface area contributed by atoms with Crippen LogP contribution < -0.4 is 0 Å². The van der Waals surface area contributed by atoms with Crippen LogP contribution >= 0.6 is 11.3 Å². The molecule has 23 heavy (non-hydrogen) atoms. The number of carbonyl (C=O) groups is 1. The van der Waals surface area contributed by atoms with Gasteiger partial charge in [-0.3, -0.25) is 4.79 Å². The van der Waals surface area contributed by atoms with Crippen molar-refractivity contribution in [2.75, 3.05) is 26.3 Å². The van der Waals surface area contributed by atoms with Gasteiger partial charge in [-0.25, -0.2) is 0 Å². The molecule has 1 amide bonds. The SMILES string of the molecule is Cc1csc(C(=O)N2CCC[C@@]3(C[C@@H](OCC4CC4)CO3)C2)c1. The highest BCUT2D eigenvalue weighted by Crippen LogP contribution is 2.37. The molecular weight excluding hydrogens is 310 g/mol. The Bertz CT molecular complexity index is 583. The first-order valence-corrected chi connectivity index (χ1v) is 9.61. The zero-order valence-electron chi connectivity index (χ0n) is 13.8. The van der Waals surface area contributed by atoms with Crippen molar-refractivity contribution in [2.45, 2.75) is 50.7 Å². The molecule has 5 heteroatoms. The van der Waals surface area contributed by atoms with Gasteiger partial charge in [0.1, 0.15) is 0 Å². The predicted octanol–water partition coefficient (Wildman–Crippen LogP) is 3.25. The molecule has 0 unspecified atom stereocenters.